The van der Waals surface area contributed by atoms with Gasteiger partial charge in [0, 0.05) is 27.1 Å². The fourth-order valence-corrected chi connectivity index (χ4v) is 16.8. The van der Waals surface area contributed by atoms with Gasteiger partial charge in [-0.1, -0.05) is 353 Å². The number of aromatic hydroxyl groups is 12. The third-order valence-electron chi connectivity index (χ3n) is 26.1. The maximum atomic E-state index is 13.6. The van der Waals surface area contributed by atoms with E-state index in [1.807, 2.05) is 84.9 Å². The number of benzene rings is 12. The molecule has 12 N–H and O–H groups in total. The molecule has 0 fully saturated rings. The predicted octanol–water partition coefficient (Wildman–Crippen LogP) is 31.2. The van der Waals surface area contributed by atoms with Crippen LogP contribution in [0.3, 0.4) is 0 Å². The molecule has 12 aromatic rings. The van der Waals surface area contributed by atoms with Crippen LogP contribution in [0.25, 0.3) is 0 Å². The van der Waals surface area contributed by atoms with Crippen molar-refractivity contribution < 1.29 is 87.6 Å². The van der Waals surface area contributed by atoms with Crippen molar-refractivity contribution in [2.24, 2.45) is 0 Å². The van der Waals surface area contributed by atoms with E-state index in [9.17, 15) is 77.4 Å². The van der Waals surface area contributed by atoms with Crippen LogP contribution in [0.1, 0.15) is 321 Å². The number of phenolic OH excluding ortho intramolecular Hbond substituents is 12. The molecule has 0 aliphatic carbocycles. The summed E-state index contributed by atoms with van der Waals surface area (Å²) in [6.07, 6.45) is -8.36. The van der Waals surface area contributed by atoms with Gasteiger partial charge in [-0.05, 0) is 255 Å². The Morgan fingerprint density at radius 2 is 0.368 bits per heavy atom. The number of alkyl halides is 6. The van der Waals surface area contributed by atoms with Crippen molar-refractivity contribution in [2.45, 2.75) is 298 Å². The summed E-state index contributed by atoms with van der Waals surface area (Å²) in [5.74, 6) is 2.26. The fourth-order valence-electron chi connectivity index (χ4n) is 16.8. The Morgan fingerprint density at radius 1 is 0.199 bits per heavy atom. The average molecular weight is 1870 g/mol. The molecule has 0 amide bonds. The summed E-state index contributed by atoms with van der Waals surface area (Å²) < 4.78 is 81.6. The van der Waals surface area contributed by atoms with E-state index in [0.29, 0.717) is 47.3 Å². The first kappa shape index (κ1) is 113. The number of hydrogen-bond donors (Lipinski definition) is 12. The number of phenols is 12. The number of rotatable bonds is 15. The van der Waals surface area contributed by atoms with Crippen LogP contribution in [0, 0.1) is 0 Å². The first-order chi connectivity index (χ1) is 61.8. The maximum absolute atomic E-state index is 13.6. The largest absolute Gasteiger partial charge is 0.508 e. The molecule has 12 aromatic carbocycles. The lowest BCUT2D eigenvalue weighted by atomic mass is 9.69. The summed E-state index contributed by atoms with van der Waals surface area (Å²) in [5, 5.41) is 117. The van der Waals surface area contributed by atoms with Gasteiger partial charge in [-0.3, -0.25) is 0 Å². The Kier molecular flexibility index (Phi) is 35.3. The predicted molar refractivity (Wildman–Crippen MR) is 544 cm³/mol. The van der Waals surface area contributed by atoms with Gasteiger partial charge in [-0.25, -0.2) is 0 Å². The molecule has 0 bridgehead atoms. The zero-order valence-electron chi connectivity index (χ0n) is 84.0. The van der Waals surface area contributed by atoms with Gasteiger partial charge < -0.3 is 61.3 Å². The van der Waals surface area contributed by atoms with Crippen molar-refractivity contribution >= 4 is 0 Å². The van der Waals surface area contributed by atoms with E-state index in [4.69, 9.17) is 10.2 Å². The molecule has 0 aliphatic heterocycles. The monoisotopic (exact) mass is 1870 g/mol. The van der Waals surface area contributed by atoms with Gasteiger partial charge in [-0.2, -0.15) is 26.3 Å². The molecule has 0 aliphatic rings. The van der Waals surface area contributed by atoms with Crippen LogP contribution < -0.4 is 0 Å². The minimum absolute atomic E-state index is 0. The van der Waals surface area contributed by atoms with E-state index in [0.717, 1.165) is 110 Å². The van der Waals surface area contributed by atoms with E-state index in [1.165, 1.54) is 22.3 Å². The Balaban J connectivity index is 0.000000254. The van der Waals surface area contributed by atoms with Crippen LogP contribution in [-0.2, 0) is 65.0 Å². The Bertz CT molecular complexity index is 5470. The molecule has 12 nitrogen and oxygen atoms in total. The summed E-state index contributed by atoms with van der Waals surface area (Å²) in [4.78, 5) is 0. The van der Waals surface area contributed by atoms with Crippen molar-refractivity contribution in [3.63, 3.8) is 0 Å². The van der Waals surface area contributed by atoms with Gasteiger partial charge in [0.05, 0.1) is 0 Å². The molecule has 0 heterocycles. The zero-order valence-corrected chi connectivity index (χ0v) is 84.0. The van der Waals surface area contributed by atoms with Crippen LogP contribution in [0.5, 0.6) is 69.0 Å². The van der Waals surface area contributed by atoms with Gasteiger partial charge in [0.15, 0.2) is 0 Å². The summed E-state index contributed by atoms with van der Waals surface area (Å²) in [7, 11) is 0. The van der Waals surface area contributed by atoms with E-state index < -0.39 is 40.4 Å². The molecule has 0 unspecified atom stereocenters. The highest BCUT2D eigenvalue weighted by Gasteiger charge is 2.72. The lowest BCUT2D eigenvalue weighted by molar-refractivity contribution is -0.288. The normalized spacial score (nSPS) is 12.6. The molecule has 0 saturated carbocycles. The Labute approximate surface area is 804 Å². The first-order valence-electron chi connectivity index (χ1n) is 45.8. The van der Waals surface area contributed by atoms with Gasteiger partial charge in [-0.15, -0.1) is 0 Å². The van der Waals surface area contributed by atoms with E-state index in [-0.39, 0.29) is 101 Å². The third-order valence-corrected chi connectivity index (χ3v) is 26.1. The van der Waals surface area contributed by atoms with Crippen LogP contribution >= 0.6 is 0 Å². The highest BCUT2D eigenvalue weighted by Crippen LogP contribution is 2.57. The lowest BCUT2D eigenvalue weighted by Gasteiger charge is -2.38. The molecule has 0 saturated heterocycles. The summed E-state index contributed by atoms with van der Waals surface area (Å²) in [6, 6.07) is 69.7. The molecule has 18 heteroatoms. The molecule has 734 valence electrons. The van der Waals surface area contributed by atoms with E-state index in [1.54, 1.807) is 84.9 Å². The van der Waals surface area contributed by atoms with Crippen molar-refractivity contribution in [1.82, 2.24) is 0 Å². The van der Waals surface area contributed by atoms with E-state index >= 15 is 0 Å². The minimum Gasteiger partial charge on any atom is -0.508 e. The molecule has 0 atom stereocenters. The standard InChI is InChI=1S/C31H48O2.C23H32O2.C17H20O2.C16H18O2.C15H10F6O2.C15H16O2.CH4/c1-27(2,3)21-15-19(16-22(25(21)32)28(4,5)6)31(13,14)20-17-23(29(7,8)9)26(33)24(18-20)30(10,11)12;1-21(2,3)17-13-15(9-11-19(17)24)23(7,8)16-10-12-20(25)18(14-16)22(4,5)6;1-3-12-17(2,13-4-8-15(18)9-5-13)14-6-10-16(19)11-7-14;1-3-16(2,12-4-8-14(17)9-5-12)13-6-10-15(18)11-7-13;16-14(17,18)13(15(19,20)21,9-1-5-11(22)6-2-9)10-3-7-12(23)8-4-10;1-15(2,11-3-7-13(16)8-4-11)12-5-9-14(17)10-6-12;/h15-18,32-33H,1-14H3;9-14,24-25H,1-8H3;4-11,18-19H,3,12H2,1-2H3;4-11,17-18H,3H2,1-2H3;1-8,22-23H;3-10,16-17H,1-2H3;1H4. The number of hydrogen-bond acceptors (Lipinski definition) is 12. The third kappa shape index (κ3) is 26.5. The second-order valence-corrected chi connectivity index (χ2v) is 43.6. The van der Waals surface area contributed by atoms with Crippen LogP contribution in [0.4, 0.5) is 26.3 Å². The van der Waals surface area contributed by atoms with Crippen molar-refractivity contribution in [2.75, 3.05) is 0 Å². The zero-order chi connectivity index (χ0) is 102. The van der Waals surface area contributed by atoms with Crippen LogP contribution in [-0.4, -0.2) is 73.6 Å². The van der Waals surface area contributed by atoms with Gasteiger partial charge in [0.25, 0.3) is 0 Å². The highest BCUT2D eigenvalue weighted by atomic mass is 19.4. The molecule has 12 rings (SSSR count). The number of halogens is 6. The molecule has 0 radical (unpaired) electrons. The lowest BCUT2D eigenvalue weighted by Crippen LogP contribution is -2.54. The molecule has 0 aromatic heterocycles. The topological polar surface area (TPSA) is 243 Å². The second kappa shape index (κ2) is 42.6. The molecular formula is C118H148F6O12. The fraction of sp³-hybridized carbons (Fsp3) is 0.390. The molecule has 0 spiro atoms. The summed E-state index contributed by atoms with van der Waals surface area (Å²) >= 11 is 0. The maximum Gasteiger partial charge on any atom is 0.411 e. The quantitative estimate of drug-likeness (QED) is 0.0429. The minimum atomic E-state index is -5.70. The van der Waals surface area contributed by atoms with Crippen molar-refractivity contribution in [1.29, 1.82) is 0 Å². The smallest absolute Gasteiger partial charge is 0.411 e. The average Bonchev–Trinajstić information content (AvgIpc) is 0.715. The van der Waals surface area contributed by atoms with Gasteiger partial charge >= 0.3 is 12.4 Å². The highest BCUT2D eigenvalue weighted by molar-refractivity contribution is 5.59. The van der Waals surface area contributed by atoms with Crippen molar-refractivity contribution in [3.05, 3.63) is 355 Å². The van der Waals surface area contributed by atoms with Crippen molar-refractivity contribution in [3.8, 4) is 69.0 Å². The van der Waals surface area contributed by atoms with E-state index in [2.05, 4.69) is 230 Å². The molecule has 136 heavy (non-hydrogen) atoms. The van der Waals surface area contributed by atoms with Crippen LogP contribution in [0.2, 0.25) is 0 Å². The Morgan fingerprint density at radius 3 is 0.559 bits per heavy atom. The first-order valence-corrected chi connectivity index (χ1v) is 45.8. The molecular weight excluding hydrogens is 1720 g/mol. The SMILES string of the molecule is C.CC(C)(C)c1cc(C(C)(C)c2cc(C(C)(C)C)c(O)c(C(C)(C)C)c2)cc(C(C)(C)C)c1O.CC(C)(C)c1cc(C(C)(C)c2ccc(O)c(C(C)(C)C)c2)ccc1O.CC(C)(c1ccc(O)cc1)c1ccc(O)cc1.CCC(C)(c1ccc(O)cc1)c1ccc(O)cc1.CCCC(C)(c1ccc(O)cc1)c1ccc(O)cc1.Oc1ccc(C(c2ccc(O)cc2)(C(F)(F)F)C(F)(F)F)cc1. The van der Waals surface area contributed by atoms with Gasteiger partial charge in [0.1, 0.15) is 69.0 Å². The Hall–Kier alpha value is -12.2. The summed E-state index contributed by atoms with van der Waals surface area (Å²) in [6.45, 7) is 60.3. The van der Waals surface area contributed by atoms with Gasteiger partial charge in [0.2, 0.25) is 5.41 Å². The summed E-state index contributed by atoms with van der Waals surface area (Å²) in [5.41, 5.74) is 9.07. The second-order valence-electron chi connectivity index (χ2n) is 43.6. The van der Waals surface area contributed by atoms with Crippen LogP contribution in [0.15, 0.2) is 255 Å².